The summed E-state index contributed by atoms with van der Waals surface area (Å²) >= 11 is 0. The summed E-state index contributed by atoms with van der Waals surface area (Å²) in [6, 6.07) is 4.38. The number of halogens is 1. The van der Waals surface area contributed by atoms with Gasteiger partial charge in [-0.15, -0.1) is 5.10 Å². The first-order valence-corrected chi connectivity index (χ1v) is 7.02. The Bertz CT molecular complexity index is 618. The van der Waals surface area contributed by atoms with Crippen LogP contribution in [-0.4, -0.2) is 32.7 Å². The van der Waals surface area contributed by atoms with Crippen LogP contribution >= 0.6 is 0 Å². The molecule has 0 aliphatic heterocycles. The lowest BCUT2D eigenvalue weighted by Gasteiger charge is -2.15. The lowest BCUT2D eigenvalue weighted by Crippen LogP contribution is -2.27. The zero-order chi connectivity index (χ0) is 15.9. The molecule has 1 aromatic heterocycles. The Hall–Kier alpha value is -2.51. The predicted molar refractivity (Wildman–Crippen MR) is 76.6 cm³/mol. The fourth-order valence-corrected chi connectivity index (χ4v) is 1.95. The van der Waals surface area contributed by atoms with E-state index in [1.165, 1.54) is 17.1 Å². The summed E-state index contributed by atoms with van der Waals surface area (Å²) in [7, 11) is 0. The molecular formula is C14H18FN5O2. The molecule has 0 saturated carbocycles. The molecule has 7 nitrogen and oxygen atoms in total. The molecule has 0 radical (unpaired) electrons. The summed E-state index contributed by atoms with van der Waals surface area (Å²) in [6.07, 6.45) is 1.69. The van der Waals surface area contributed by atoms with Gasteiger partial charge in [-0.1, -0.05) is 6.07 Å². The molecule has 0 spiro atoms. The van der Waals surface area contributed by atoms with Crippen molar-refractivity contribution in [3.05, 3.63) is 35.9 Å². The number of carbonyl (C=O) groups excluding carboxylic acids is 1. The third kappa shape index (κ3) is 4.24. The largest absolute Gasteiger partial charge is 0.491 e. The molecular weight excluding hydrogens is 289 g/mol. The maximum atomic E-state index is 13.8. The number of amides is 1. The Morgan fingerprint density at radius 3 is 2.95 bits per heavy atom. The smallest absolute Gasteiger partial charge is 0.222 e. The van der Waals surface area contributed by atoms with Gasteiger partial charge in [0.15, 0.2) is 11.6 Å². The number of nitrogens with one attached hydrogen (secondary N) is 1. The molecule has 0 saturated heterocycles. The Balaban J connectivity index is 1.89. The molecule has 2 rings (SSSR count). The van der Waals surface area contributed by atoms with E-state index in [0.29, 0.717) is 18.7 Å². The van der Waals surface area contributed by atoms with Crippen molar-refractivity contribution in [2.75, 3.05) is 6.61 Å². The lowest BCUT2D eigenvalue weighted by molar-refractivity contribution is -0.122. The van der Waals surface area contributed by atoms with E-state index < -0.39 is 5.82 Å². The molecule has 118 valence electrons. The number of carbonyl (C=O) groups is 1. The Morgan fingerprint density at radius 2 is 2.32 bits per heavy atom. The highest BCUT2D eigenvalue weighted by molar-refractivity contribution is 5.76. The van der Waals surface area contributed by atoms with Gasteiger partial charge in [0.25, 0.3) is 0 Å². The first-order valence-electron chi connectivity index (χ1n) is 7.02. The highest BCUT2D eigenvalue weighted by atomic mass is 19.1. The first kappa shape index (κ1) is 15.9. The molecule has 1 N–H and O–H groups in total. The van der Waals surface area contributed by atoms with Crippen molar-refractivity contribution < 1.29 is 13.9 Å². The Morgan fingerprint density at radius 1 is 1.50 bits per heavy atom. The van der Waals surface area contributed by atoms with E-state index in [9.17, 15) is 9.18 Å². The zero-order valence-electron chi connectivity index (χ0n) is 12.5. The second-order valence-electron chi connectivity index (χ2n) is 4.73. The summed E-state index contributed by atoms with van der Waals surface area (Å²) in [5, 5.41) is 13.5. The number of aromatic nitrogens is 4. The summed E-state index contributed by atoms with van der Waals surface area (Å²) in [5.74, 6) is -0.380. The van der Waals surface area contributed by atoms with Crippen LogP contribution in [0.1, 0.15) is 31.9 Å². The molecule has 22 heavy (non-hydrogen) atoms. The van der Waals surface area contributed by atoms with Gasteiger partial charge >= 0.3 is 0 Å². The van der Waals surface area contributed by atoms with Gasteiger partial charge < -0.3 is 10.1 Å². The summed E-state index contributed by atoms with van der Waals surface area (Å²) in [5.41, 5.74) is 0.678. The molecule has 0 aliphatic rings. The van der Waals surface area contributed by atoms with E-state index in [4.69, 9.17) is 4.74 Å². The van der Waals surface area contributed by atoms with Crippen LogP contribution in [0.3, 0.4) is 0 Å². The normalized spacial score (nSPS) is 12.0. The molecule has 2 aromatic rings. The molecule has 0 bridgehead atoms. The van der Waals surface area contributed by atoms with Crippen LogP contribution in [0.2, 0.25) is 0 Å². The van der Waals surface area contributed by atoms with Crippen molar-refractivity contribution in [1.82, 2.24) is 25.5 Å². The van der Waals surface area contributed by atoms with E-state index >= 15 is 0 Å². The number of tetrazole rings is 1. The number of benzene rings is 1. The van der Waals surface area contributed by atoms with E-state index in [1.54, 1.807) is 26.0 Å². The average molecular weight is 307 g/mol. The number of hydrogen-bond donors (Lipinski definition) is 1. The standard InChI is InChI=1S/C14H18FN5O2/c1-3-22-13-5-4-11(8-12(13)15)10(2)17-14(21)6-7-20-9-16-18-19-20/h4-5,8-10H,3,6-7H2,1-2H3,(H,17,21)/t10-/m1/s1. The van der Waals surface area contributed by atoms with Gasteiger partial charge in [0.1, 0.15) is 6.33 Å². The fourth-order valence-electron chi connectivity index (χ4n) is 1.95. The van der Waals surface area contributed by atoms with Gasteiger partial charge in [0, 0.05) is 6.42 Å². The molecule has 8 heteroatoms. The Kier molecular flexibility index (Phi) is 5.40. The van der Waals surface area contributed by atoms with Gasteiger partial charge in [0.05, 0.1) is 19.2 Å². The van der Waals surface area contributed by atoms with Gasteiger partial charge in [0.2, 0.25) is 5.91 Å². The van der Waals surface area contributed by atoms with E-state index in [2.05, 4.69) is 20.8 Å². The van der Waals surface area contributed by atoms with Crippen LogP contribution < -0.4 is 10.1 Å². The quantitative estimate of drug-likeness (QED) is 0.838. The number of ether oxygens (including phenoxy) is 1. The fraction of sp³-hybridized carbons (Fsp3) is 0.429. The summed E-state index contributed by atoms with van der Waals surface area (Å²) < 4.78 is 20.4. The molecule has 0 fully saturated rings. The SMILES string of the molecule is CCOc1ccc([C@@H](C)NC(=O)CCn2cnnn2)cc1F. The van der Waals surface area contributed by atoms with Gasteiger partial charge in [-0.2, -0.15) is 0 Å². The van der Waals surface area contributed by atoms with Crippen LogP contribution in [0.4, 0.5) is 4.39 Å². The second-order valence-corrected chi connectivity index (χ2v) is 4.73. The van der Waals surface area contributed by atoms with Crippen molar-refractivity contribution in [3.8, 4) is 5.75 Å². The third-order valence-corrected chi connectivity index (χ3v) is 3.09. The van der Waals surface area contributed by atoms with Crippen molar-refractivity contribution in [2.24, 2.45) is 0 Å². The topological polar surface area (TPSA) is 81.9 Å². The highest BCUT2D eigenvalue weighted by Crippen LogP contribution is 2.22. The lowest BCUT2D eigenvalue weighted by atomic mass is 10.1. The summed E-state index contributed by atoms with van der Waals surface area (Å²) in [4.78, 5) is 11.9. The maximum Gasteiger partial charge on any atom is 0.222 e. The van der Waals surface area contributed by atoms with Crippen LogP contribution in [0, 0.1) is 5.82 Å². The van der Waals surface area contributed by atoms with Crippen LogP contribution in [-0.2, 0) is 11.3 Å². The number of aryl methyl sites for hydroxylation is 1. The minimum absolute atomic E-state index is 0.155. The van der Waals surface area contributed by atoms with E-state index in [-0.39, 0.29) is 24.1 Å². The van der Waals surface area contributed by atoms with Crippen LogP contribution in [0.15, 0.2) is 24.5 Å². The molecule has 1 heterocycles. The molecule has 1 atom stereocenters. The monoisotopic (exact) mass is 307 g/mol. The minimum Gasteiger partial charge on any atom is -0.491 e. The van der Waals surface area contributed by atoms with Crippen molar-refractivity contribution in [2.45, 2.75) is 32.9 Å². The third-order valence-electron chi connectivity index (χ3n) is 3.09. The molecule has 1 amide bonds. The number of nitrogens with zero attached hydrogens (tertiary/aromatic N) is 4. The first-order chi connectivity index (χ1) is 10.6. The van der Waals surface area contributed by atoms with Gasteiger partial charge in [-0.05, 0) is 42.0 Å². The van der Waals surface area contributed by atoms with Crippen LogP contribution in [0.5, 0.6) is 5.75 Å². The highest BCUT2D eigenvalue weighted by Gasteiger charge is 2.12. The predicted octanol–water partition coefficient (Wildman–Crippen LogP) is 1.48. The second kappa shape index (κ2) is 7.48. The van der Waals surface area contributed by atoms with Crippen molar-refractivity contribution >= 4 is 5.91 Å². The summed E-state index contributed by atoms with van der Waals surface area (Å²) in [6.45, 7) is 4.38. The van der Waals surface area contributed by atoms with E-state index in [1.807, 2.05) is 0 Å². The van der Waals surface area contributed by atoms with E-state index in [0.717, 1.165) is 0 Å². The molecule has 0 unspecified atom stereocenters. The average Bonchev–Trinajstić information content (AvgIpc) is 3.00. The molecule has 0 aliphatic carbocycles. The number of rotatable bonds is 7. The minimum atomic E-state index is -0.436. The van der Waals surface area contributed by atoms with Gasteiger partial charge in [-0.25, -0.2) is 9.07 Å². The maximum absolute atomic E-state index is 13.8. The molecule has 1 aromatic carbocycles. The number of hydrogen-bond acceptors (Lipinski definition) is 5. The Labute approximate surface area is 127 Å². The van der Waals surface area contributed by atoms with Crippen LogP contribution in [0.25, 0.3) is 0 Å². The van der Waals surface area contributed by atoms with Crippen molar-refractivity contribution in [3.63, 3.8) is 0 Å². The van der Waals surface area contributed by atoms with Crippen molar-refractivity contribution in [1.29, 1.82) is 0 Å². The van der Waals surface area contributed by atoms with Gasteiger partial charge in [-0.3, -0.25) is 4.79 Å². The zero-order valence-corrected chi connectivity index (χ0v) is 12.5.